The predicted octanol–water partition coefficient (Wildman–Crippen LogP) is 19.5. The topological polar surface area (TPSA) is 111 Å². The van der Waals surface area contributed by atoms with Crippen molar-refractivity contribution in [2.45, 2.75) is 302 Å². The molecule has 9 nitrogen and oxygen atoms in total. The van der Waals surface area contributed by atoms with Gasteiger partial charge in [-0.15, -0.1) is 0 Å². The molecule has 0 radical (unpaired) electrons. The molecule has 0 heterocycles. The number of carbonyl (C=O) groups is 3. The van der Waals surface area contributed by atoms with E-state index in [1.807, 2.05) is 21.1 Å². The van der Waals surface area contributed by atoms with Crippen LogP contribution >= 0.6 is 0 Å². The van der Waals surface area contributed by atoms with Crippen LogP contribution in [0.25, 0.3) is 0 Å². The van der Waals surface area contributed by atoms with Crippen molar-refractivity contribution in [3.63, 3.8) is 0 Å². The number of rotatable bonds is 62. The van der Waals surface area contributed by atoms with E-state index in [1.54, 1.807) is 0 Å². The minimum absolute atomic E-state index is 0.146. The minimum atomic E-state index is -1.62. The Balaban J connectivity index is 4.06. The Kier molecular flexibility index (Phi) is 60.3. The monoisotopic (exact) mass is 1150 g/mol. The Morgan fingerprint density at radius 2 is 0.695 bits per heavy atom. The van der Waals surface area contributed by atoms with Crippen LogP contribution in [0, 0.1) is 0 Å². The van der Waals surface area contributed by atoms with E-state index in [0.29, 0.717) is 17.4 Å². The lowest BCUT2D eigenvalue weighted by Crippen LogP contribution is -2.44. The Morgan fingerprint density at radius 3 is 1.05 bits per heavy atom. The van der Waals surface area contributed by atoms with Gasteiger partial charge in [0.1, 0.15) is 13.2 Å². The van der Waals surface area contributed by atoms with Gasteiger partial charge in [-0.05, 0) is 96.3 Å². The van der Waals surface area contributed by atoms with Crippen LogP contribution in [0.15, 0.2) is 97.2 Å². The van der Waals surface area contributed by atoms with Gasteiger partial charge in [-0.2, -0.15) is 0 Å². The fraction of sp³-hybridized carbons (Fsp3) is 0.740. The van der Waals surface area contributed by atoms with Gasteiger partial charge in [-0.1, -0.05) is 278 Å². The number of unbranched alkanes of at least 4 members (excludes halogenated alkanes) is 31. The first-order valence-corrected chi connectivity index (χ1v) is 33.9. The third-order valence-electron chi connectivity index (χ3n) is 14.6. The Hall–Kier alpha value is -3.79. The zero-order valence-corrected chi connectivity index (χ0v) is 53.8. The summed E-state index contributed by atoms with van der Waals surface area (Å²) in [6, 6.07) is 0. The summed E-state index contributed by atoms with van der Waals surface area (Å²) in [7, 11) is 5.93. The molecule has 0 aliphatic carbocycles. The van der Waals surface area contributed by atoms with E-state index in [-0.39, 0.29) is 38.6 Å². The number of carbonyl (C=O) groups excluding carboxylic acids is 3. The summed E-state index contributed by atoms with van der Waals surface area (Å²) < 4.78 is 22.8. The first kappa shape index (κ1) is 78.2. The van der Waals surface area contributed by atoms with Crippen LogP contribution in [-0.4, -0.2) is 82.3 Å². The standard InChI is InChI=1S/C73H127NO8/c1-6-8-10-12-14-16-18-20-22-24-26-27-28-29-30-31-32-33-34-35-36-37-38-39-40-41-42-43-44-45-46-48-50-52-54-56-58-60-62-64-71(76)82-69(68-81-73(72(77)78)79-66-65-74(3,4)5)67-80-70(75)63-61-59-57-55-53-51-49-47-25-23-21-19-17-15-13-11-9-7-2/h8,10,14,16,20,22-23,25-27,29-30,32-33,35-36,69,73H,6-7,9,11-13,15,17-19,21,24,28,31,34,37-68H2,1-5H3/b10-8-,16-14-,22-20-,25-23-,27-26-,30-29-,33-32-,36-35-. The molecule has 0 aromatic carbocycles. The third-order valence-corrected chi connectivity index (χ3v) is 14.6. The van der Waals surface area contributed by atoms with Crippen molar-refractivity contribution >= 4 is 17.9 Å². The summed E-state index contributed by atoms with van der Waals surface area (Å²) in [5, 5.41) is 11.8. The number of carboxylic acids is 1. The molecular weight excluding hydrogens is 1020 g/mol. The predicted molar refractivity (Wildman–Crippen MR) is 347 cm³/mol. The van der Waals surface area contributed by atoms with Gasteiger partial charge in [0.05, 0.1) is 40.3 Å². The van der Waals surface area contributed by atoms with Crippen molar-refractivity contribution in [3.05, 3.63) is 97.2 Å². The van der Waals surface area contributed by atoms with Crippen molar-refractivity contribution in [2.75, 3.05) is 47.5 Å². The molecule has 0 saturated carbocycles. The van der Waals surface area contributed by atoms with Crippen LogP contribution in [0.2, 0.25) is 0 Å². The fourth-order valence-electron chi connectivity index (χ4n) is 9.40. The number of hydrogen-bond donors (Lipinski definition) is 0. The van der Waals surface area contributed by atoms with Crippen LogP contribution in [-0.2, 0) is 33.3 Å². The van der Waals surface area contributed by atoms with E-state index in [4.69, 9.17) is 18.9 Å². The van der Waals surface area contributed by atoms with E-state index >= 15 is 0 Å². The van der Waals surface area contributed by atoms with Crippen molar-refractivity contribution in [1.29, 1.82) is 0 Å². The second-order valence-corrected chi connectivity index (χ2v) is 23.7. The van der Waals surface area contributed by atoms with E-state index in [2.05, 4.69) is 111 Å². The number of ether oxygens (including phenoxy) is 4. The average molecular weight is 1150 g/mol. The van der Waals surface area contributed by atoms with Gasteiger partial charge in [0.15, 0.2) is 12.4 Å². The van der Waals surface area contributed by atoms with Gasteiger partial charge in [-0.25, -0.2) is 0 Å². The number of likely N-dealkylation sites (N-methyl/N-ethyl adjacent to an activating group) is 1. The number of allylic oxidation sites excluding steroid dienone is 16. The molecule has 0 spiro atoms. The maximum absolute atomic E-state index is 12.9. The highest BCUT2D eigenvalue weighted by atomic mass is 16.7. The molecule has 0 bridgehead atoms. The molecular formula is C73H127NO8. The van der Waals surface area contributed by atoms with Gasteiger partial charge < -0.3 is 33.3 Å². The summed E-state index contributed by atoms with van der Waals surface area (Å²) in [4.78, 5) is 37.4. The molecule has 0 aliphatic heterocycles. The molecule has 0 fully saturated rings. The lowest BCUT2D eigenvalue weighted by atomic mass is 10.0. The number of hydrogen-bond acceptors (Lipinski definition) is 8. The Morgan fingerprint density at radius 1 is 0.378 bits per heavy atom. The molecule has 2 unspecified atom stereocenters. The molecule has 9 heteroatoms. The summed E-state index contributed by atoms with van der Waals surface area (Å²) >= 11 is 0. The number of quaternary nitrogens is 1. The zero-order chi connectivity index (χ0) is 59.8. The first-order valence-electron chi connectivity index (χ1n) is 33.9. The molecule has 0 aromatic heterocycles. The van der Waals surface area contributed by atoms with E-state index in [0.717, 1.165) is 96.3 Å². The van der Waals surface area contributed by atoms with Crippen molar-refractivity contribution in [2.24, 2.45) is 0 Å². The second kappa shape index (κ2) is 63.2. The fourth-order valence-corrected chi connectivity index (χ4v) is 9.40. The largest absolute Gasteiger partial charge is 0.545 e. The highest BCUT2D eigenvalue weighted by Gasteiger charge is 2.22. The molecule has 0 amide bonds. The summed E-state index contributed by atoms with van der Waals surface area (Å²) in [6.45, 7) is 4.65. The Labute approximate surface area is 505 Å². The van der Waals surface area contributed by atoms with Crippen LogP contribution in [0.5, 0.6) is 0 Å². The lowest BCUT2D eigenvalue weighted by Gasteiger charge is -2.26. The van der Waals surface area contributed by atoms with Gasteiger partial charge in [0, 0.05) is 12.8 Å². The van der Waals surface area contributed by atoms with Crippen molar-refractivity contribution in [3.8, 4) is 0 Å². The molecule has 82 heavy (non-hydrogen) atoms. The molecule has 0 N–H and O–H groups in total. The van der Waals surface area contributed by atoms with Crippen molar-refractivity contribution in [1.82, 2.24) is 0 Å². The van der Waals surface area contributed by atoms with Gasteiger partial charge in [-0.3, -0.25) is 9.59 Å². The lowest BCUT2D eigenvalue weighted by molar-refractivity contribution is -0.870. The second-order valence-electron chi connectivity index (χ2n) is 23.7. The SMILES string of the molecule is CC/C=C\C/C=C\C/C=C\C/C=C\C/C=C\C/C=C\C/C=C\CCCCCCCCCCCCCCCCCCCC(=O)OC(COC(=O)CCCCCCCCC/C=C\CCCCCCCCC)COC(OCC[N+](C)(C)C)C(=O)[O-]. The zero-order valence-electron chi connectivity index (χ0n) is 53.8. The maximum Gasteiger partial charge on any atom is 0.306 e. The maximum atomic E-state index is 12.9. The minimum Gasteiger partial charge on any atom is -0.545 e. The molecule has 0 saturated heterocycles. The Bertz CT molecular complexity index is 1670. The average Bonchev–Trinajstić information content (AvgIpc) is 3.45. The molecule has 2 atom stereocenters. The molecule has 0 aliphatic rings. The van der Waals surface area contributed by atoms with Crippen molar-refractivity contribution < 1.29 is 42.9 Å². The molecule has 0 aromatic rings. The smallest absolute Gasteiger partial charge is 0.306 e. The van der Waals surface area contributed by atoms with E-state index in [9.17, 15) is 19.5 Å². The summed E-state index contributed by atoms with van der Waals surface area (Å²) in [5.41, 5.74) is 0. The quantitative estimate of drug-likeness (QED) is 0.0195. The van der Waals surface area contributed by atoms with Crippen LogP contribution in [0.1, 0.15) is 290 Å². The summed E-state index contributed by atoms with van der Waals surface area (Å²) in [6.07, 6.45) is 83.4. The number of esters is 2. The van der Waals surface area contributed by atoms with Crippen LogP contribution < -0.4 is 5.11 Å². The van der Waals surface area contributed by atoms with E-state index in [1.165, 1.54) is 161 Å². The molecule has 0 rings (SSSR count). The van der Waals surface area contributed by atoms with E-state index < -0.39 is 24.3 Å². The van der Waals surface area contributed by atoms with Gasteiger partial charge in [0.2, 0.25) is 0 Å². The highest BCUT2D eigenvalue weighted by Crippen LogP contribution is 2.17. The third kappa shape index (κ3) is 63.8. The van der Waals surface area contributed by atoms with Gasteiger partial charge >= 0.3 is 11.9 Å². The highest BCUT2D eigenvalue weighted by molar-refractivity contribution is 5.70. The normalized spacial score (nSPS) is 13.3. The summed E-state index contributed by atoms with van der Waals surface area (Å²) in [5.74, 6) is -2.28. The van der Waals surface area contributed by atoms with Gasteiger partial charge in [0.25, 0.3) is 0 Å². The number of nitrogens with zero attached hydrogens (tertiary/aromatic N) is 1. The first-order chi connectivity index (χ1) is 40.1. The van der Waals surface area contributed by atoms with Crippen LogP contribution in [0.3, 0.4) is 0 Å². The van der Waals surface area contributed by atoms with Crippen LogP contribution in [0.4, 0.5) is 0 Å². The number of aliphatic carboxylic acids is 1. The molecule has 472 valence electrons. The number of carboxylic acid groups (broad SMARTS) is 1.